The van der Waals surface area contributed by atoms with Crippen LogP contribution >= 0.6 is 8.53 Å². The summed E-state index contributed by atoms with van der Waals surface area (Å²) in [5.74, 6) is 1.40. The molecule has 5 atom stereocenters. The molecular formula is C50H66N7O9P. The van der Waals surface area contributed by atoms with Gasteiger partial charge in [0.25, 0.3) is 8.53 Å². The maximum Gasteiger partial charge on any atom is 0.419 e. The monoisotopic (exact) mass is 939 g/mol. The Kier molecular flexibility index (Phi) is 17.6. The molecule has 360 valence electrons. The quantitative estimate of drug-likeness (QED) is 0.0462. The third-order valence-corrected chi connectivity index (χ3v) is 13.4. The molecule has 1 fully saturated rings. The molecule has 0 aliphatic carbocycles. The van der Waals surface area contributed by atoms with Crippen LogP contribution in [-0.4, -0.2) is 108 Å². The Bertz CT molecular complexity index is 2240. The van der Waals surface area contributed by atoms with Crippen molar-refractivity contribution in [3.05, 3.63) is 126 Å². The summed E-state index contributed by atoms with van der Waals surface area (Å²) in [5, 5.41) is 15.9. The Morgan fingerprint density at radius 3 is 2.13 bits per heavy atom. The van der Waals surface area contributed by atoms with Gasteiger partial charge < -0.3 is 38.0 Å². The number of ether oxygens (including phenoxy) is 5. The molecule has 0 radical (unpaired) electrons. The van der Waals surface area contributed by atoms with E-state index in [1.54, 1.807) is 25.3 Å². The number of aromatic nitrogens is 2. The lowest BCUT2D eigenvalue weighted by Crippen LogP contribution is -2.56. The lowest BCUT2D eigenvalue weighted by Gasteiger charge is -2.39. The van der Waals surface area contributed by atoms with Crippen molar-refractivity contribution in [2.75, 3.05) is 34.0 Å². The number of rotatable bonds is 21. The van der Waals surface area contributed by atoms with Crippen molar-refractivity contribution in [3.63, 3.8) is 0 Å². The van der Waals surface area contributed by atoms with Crippen LogP contribution in [0.3, 0.4) is 0 Å². The fourth-order valence-electron chi connectivity index (χ4n) is 8.27. The normalized spacial score (nSPS) is 19.3. The maximum absolute atomic E-state index is 14.1. The number of carbonyl (C=O) groups is 2. The molecule has 0 spiro atoms. The van der Waals surface area contributed by atoms with E-state index in [0.717, 1.165) is 16.7 Å². The number of allylic oxidation sites excluding steroid dienone is 1. The van der Waals surface area contributed by atoms with Gasteiger partial charge in [-0.05, 0) is 102 Å². The molecule has 2 amide bonds. The smallest absolute Gasteiger partial charge is 0.419 e. The molecule has 2 aliphatic rings. The lowest BCUT2D eigenvalue weighted by molar-refractivity contribution is -0.0974. The molecule has 6 rings (SSSR count). The van der Waals surface area contributed by atoms with Crippen LogP contribution in [0.2, 0.25) is 0 Å². The molecule has 0 bridgehead atoms. The first-order chi connectivity index (χ1) is 32.1. The van der Waals surface area contributed by atoms with E-state index >= 15 is 0 Å². The van der Waals surface area contributed by atoms with Gasteiger partial charge in [0.1, 0.15) is 47.5 Å². The van der Waals surface area contributed by atoms with E-state index in [0.29, 0.717) is 42.3 Å². The van der Waals surface area contributed by atoms with Gasteiger partial charge in [-0.25, -0.2) is 23.8 Å². The zero-order chi connectivity index (χ0) is 48.3. The maximum atomic E-state index is 14.1. The summed E-state index contributed by atoms with van der Waals surface area (Å²) in [4.78, 5) is 32.6. The van der Waals surface area contributed by atoms with Gasteiger partial charge in [-0.1, -0.05) is 54.6 Å². The standard InChI is InChI=1S/C50H66N7O9P/c1-34(2)57(35(3)4)67(63-28-14-26-51)66-43-30-46(56-36(5)29-45(54-47(56)58)52-27-25-40-31-55(33-53-40)48(59)65-49(6,7)8)64-44(43)32-62-50(37-15-12-11-13-16-37,38-17-21-41(60-9)22-18-38)39-19-23-42(61-10)24-20-39/h11-13,15-24,29,31,33-35,43-46,52H,14,25,27-28,30,32H2,1-10H3,(H,54,58)/t43-,44+,45?,46+,67?/m0/s1. The highest BCUT2D eigenvalue weighted by Gasteiger charge is 2.47. The Labute approximate surface area is 396 Å². The zero-order valence-electron chi connectivity index (χ0n) is 40.3. The molecule has 16 nitrogen and oxygen atoms in total. The van der Waals surface area contributed by atoms with Crippen LogP contribution in [0.1, 0.15) is 90.6 Å². The highest BCUT2D eigenvalue weighted by Crippen LogP contribution is 2.50. The second kappa shape index (κ2) is 23.1. The molecular weight excluding hydrogens is 874 g/mol. The summed E-state index contributed by atoms with van der Waals surface area (Å²) in [7, 11) is 1.58. The van der Waals surface area contributed by atoms with Gasteiger partial charge in [0.2, 0.25) is 0 Å². The molecule has 2 N–H and O–H groups in total. The van der Waals surface area contributed by atoms with Gasteiger partial charge in [0.05, 0.1) is 51.7 Å². The van der Waals surface area contributed by atoms with Crippen LogP contribution in [0, 0.1) is 11.3 Å². The SMILES string of the molecule is COc1ccc(C(OC[C@H]2O[C@@H](N3C(=O)NC(NCCc4cn(C(=O)OC(C)(C)C)cn4)C=C3C)C[C@@H]2OP(OCCC#N)N(C(C)C)C(C)C)(c2ccccc2)c2ccc(OC)cc2)cc1. The first kappa shape index (κ1) is 51.0. The second-order valence-electron chi connectivity index (χ2n) is 17.9. The van der Waals surface area contributed by atoms with Crippen molar-refractivity contribution < 1.29 is 42.3 Å². The second-order valence-corrected chi connectivity index (χ2v) is 19.3. The summed E-state index contributed by atoms with van der Waals surface area (Å²) in [6.45, 7) is 16.4. The van der Waals surface area contributed by atoms with Crippen molar-refractivity contribution in [2.24, 2.45) is 0 Å². The molecule has 3 aromatic carbocycles. The van der Waals surface area contributed by atoms with Gasteiger partial charge in [0, 0.05) is 43.4 Å². The third kappa shape index (κ3) is 12.8. The van der Waals surface area contributed by atoms with Crippen molar-refractivity contribution in [3.8, 4) is 17.6 Å². The van der Waals surface area contributed by atoms with Gasteiger partial charge in [-0.15, -0.1) is 0 Å². The number of hydrogen-bond acceptors (Lipinski definition) is 13. The van der Waals surface area contributed by atoms with Gasteiger partial charge in [0.15, 0.2) is 0 Å². The number of imidazole rings is 1. The van der Waals surface area contributed by atoms with Crippen LogP contribution in [-0.2, 0) is 35.3 Å². The van der Waals surface area contributed by atoms with E-state index in [1.165, 1.54) is 10.9 Å². The molecule has 17 heteroatoms. The first-order valence-electron chi connectivity index (χ1n) is 22.7. The Balaban J connectivity index is 1.29. The van der Waals surface area contributed by atoms with Crippen molar-refractivity contribution in [1.29, 1.82) is 5.26 Å². The molecule has 0 saturated carbocycles. The molecule has 1 aromatic heterocycles. The summed E-state index contributed by atoms with van der Waals surface area (Å²) >= 11 is 0. The number of amides is 2. The fraction of sp³-hybridized carbons (Fsp3) is 0.480. The van der Waals surface area contributed by atoms with Crippen molar-refractivity contribution in [2.45, 2.75) is 123 Å². The minimum atomic E-state index is -1.69. The fourth-order valence-corrected chi connectivity index (χ4v) is 10.0. The number of benzene rings is 3. The van der Waals surface area contributed by atoms with E-state index in [2.05, 4.69) is 54.1 Å². The summed E-state index contributed by atoms with van der Waals surface area (Å²) < 4.78 is 47.8. The van der Waals surface area contributed by atoms with Gasteiger partial charge >= 0.3 is 12.1 Å². The highest BCUT2D eigenvalue weighted by molar-refractivity contribution is 7.44. The minimum absolute atomic E-state index is 0.0466. The largest absolute Gasteiger partial charge is 0.497 e. The van der Waals surface area contributed by atoms with Crippen LogP contribution in [0.4, 0.5) is 9.59 Å². The number of methoxy groups -OCH3 is 2. The Morgan fingerprint density at radius 2 is 1.58 bits per heavy atom. The van der Waals surface area contributed by atoms with Crippen LogP contribution in [0.25, 0.3) is 0 Å². The molecule has 3 heterocycles. The third-order valence-electron chi connectivity index (χ3n) is 11.3. The topological polar surface area (TPSA) is 171 Å². The number of nitriles is 1. The predicted octanol–water partition coefficient (Wildman–Crippen LogP) is 8.86. The van der Waals surface area contributed by atoms with Crippen LogP contribution in [0.5, 0.6) is 11.5 Å². The van der Waals surface area contributed by atoms with Crippen molar-refractivity contribution >= 4 is 20.7 Å². The van der Waals surface area contributed by atoms with E-state index in [-0.39, 0.29) is 37.7 Å². The minimum Gasteiger partial charge on any atom is -0.497 e. The molecule has 4 aromatic rings. The number of carbonyl (C=O) groups excluding carboxylic acids is 2. The predicted molar refractivity (Wildman–Crippen MR) is 255 cm³/mol. The summed E-state index contributed by atoms with van der Waals surface area (Å²) in [6.07, 6.45) is 3.04. The van der Waals surface area contributed by atoms with Crippen LogP contribution < -0.4 is 20.1 Å². The Hall–Kier alpha value is -5.37. The van der Waals surface area contributed by atoms with E-state index in [4.69, 9.17) is 32.7 Å². The van der Waals surface area contributed by atoms with E-state index in [1.807, 2.05) is 113 Å². The van der Waals surface area contributed by atoms with Gasteiger partial charge in [-0.3, -0.25) is 10.2 Å². The molecule has 2 unspecified atom stereocenters. The lowest BCUT2D eigenvalue weighted by atomic mass is 9.80. The molecule has 67 heavy (non-hydrogen) atoms. The number of urea groups is 1. The van der Waals surface area contributed by atoms with E-state index in [9.17, 15) is 14.9 Å². The first-order valence-corrected chi connectivity index (χ1v) is 23.9. The zero-order valence-corrected chi connectivity index (χ0v) is 41.2. The highest BCUT2D eigenvalue weighted by atomic mass is 31.2. The average molecular weight is 940 g/mol. The summed E-state index contributed by atoms with van der Waals surface area (Å²) in [5.41, 5.74) is 2.20. The van der Waals surface area contributed by atoms with Gasteiger partial charge in [-0.2, -0.15) is 5.26 Å². The molecule has 1 saturated heterocycles. The average Bonchev–Trinajstić information content (AvgIpc) is 3.93. The Morgan fingerprint density at radius 1 is 0.970 bits per heavy atom. The van der Waals surface area contributed by atoms with Crippen molar-refractivity contribution in [1.82, 2.24) is 29.8 Å². The molecule has 2 aliphatic heterocycles. The van der Waals surface area contributed by atoms with Crippen LogP contribution in [0.15, 0.2) is 103 Å². The van der Waals surface area contributed by atoms with E-state index < -0.39 is 50.4 Å². The number of hydrogen-bond donors (Lipinski definition) is 2. The number of nitrogens with one attached hydrogen (secondary N) is 2. The number of nitrogens with zero attached hydrogens (tertiary/aromatic N) is 5. The summed E-state index contributed by atoms with van der Waals surface area (Å²) in [6, 6.07) is 27.6.